The van der Waals surface area contributed by atoms with Crippen LogP contribution in [-0.2, 0) is 16.1 Å². The molecular formula is C18H21BrN2O3. The van der Waals surface area contributed by atoms with Crippen LogP contribution < -0.4 is 4.74 Å². The number of amides is 2. The van der Waals surface area contributed by atoms with Gasteiger partial charge < -0.3 is 4.74 Å². The summed E-state index contributed by atoms with van der Waals surface area (Å²) in [6.07, 6.45) is 5.36. The van der Waals surface area contributed by atoms with Gasteiger partial charge in [-0.25, -0.2) is 0 Å². The highest BCUT2D eigenvalue weighted by molar-refractivity contribution is 9.10. The third-order valence-electron chi connectivity index (χ3n) is 4.66. The Labute approximate surface area is 150 Å². The van der Waals surface area contributed by atoms with Gasteiger partial charge in [0.05, 0.1) is 25.6 Å². The van der Waals surface area contributed by atoms with Gasteiger partial charge in [-0.15, -0.1) is 0 Å². The van der Waals surface area contributed by atoms with Crippen LogP contribution in [0.25, 0.3) is 0 Å². The van der Waals surface area contributed by atoms with Gasteiger partial charge in [0.15, 0.2) is 0 Å². The number of rotatable bonds is 5. The number of nitrogens with zero attached hydrogens (tertiary/aromatic N) is 2. The molecule has 6 heteroatoms. The Morgan fingerprint density at radius 1 is 1.21 bits per heavy atom. The van der Waals surface area contributed by atoms with E-state index < -0.39 is 0 Å². The molecule has 3 rings (SSSR count). The van der Waals surface area contributed by atoms with E-state index in [1.807, 2.05) is 42.3 Å². The zero-order valence-electron chi connectivity index (χ0n) is 13.9. The van der Waals surface area contributed by atoms with Gasteiger partial charge in [-0.2, -0.15) is 0 Å². The monoisotopic (exact) mass is 392 g/mol. The lowest BCUT2D eigenvalue weighted by Crippen LogP contribution is -2.40. The second-order valence-corrected chi connectivity index (χ2v) is 7.29. The van der Waals surface area contributed by atoms with Crippen molar-refractivity contribution in [3.8, 4) is 5.75 Å². The summed E-state index contributed by atoms with van der Waals surface area (Å²) in [5, 5.41) is 0. The zero-order valence-corrected chi connectivity index (χ0v) is 15.5. The average Bonchev–Trinajstić information content (AvgIpc) is 2.80. The highest BCUT2D eigenvalue weighted by Crippen LogP contribution is 2.35. The van der Waals surface area contributed by atoms with E-state index in [4.69, 9.17) is 4.74 Å². The Morgan fingerprint density at radius 3 is 2.42 bits per heavy atom. The van der Waals surface area contributed by atoms with Crippen LogP contribution in [0.5, 0.6) is 5.75 Å². The molecular weight excluding hydrogens is 372 g/mol. The lowest BCUT2D eigenvalue weighted by Gasteiger charge is -2.24. The van der Waals surface area contributed by atoms with E-state index in [-0.39, 0.29) is 23.7 Å². The molecule has 2 aliphatic rings. The Bertz CT molecular complexity index is 663. The van der Waals surface area contributed by atoms with Crippen molar-refractivity contribution in [1.82, 2.24) is 9.80 Å². The first-order chi connectivity index (χ1) is 11.5. The summed E-state index contributed by atoms with van der Waals surface area (Å²) in [5.41, 5.74) is 1.01. The number of likely N-dealkylation sites (tertiary alicyclic amines) is 1. The van der Waals surface area contributed by atoms with Crippen molar-refractivity contribution in [1.29, 1.82) is 0 Å². The van der Waals surface area contributed by atoms with E-state index in [9.17, 15) is 9.59 Å². The van der Waals surface area contributed by atoms with Crippen molar-refractivity contribution >= 4 is 27.7 Å². The van der Waals surface area contributed by atoms with Gasteiger partial charge in [0.2, 0.25) is 11.8 Å². The van der Waals surface area contributed by atoms with Gasteiger partial charge in [-0.1, -0.05) is 28.1 Å². The largest absolute Gasteiger partial charge is 0.496 e. The van der Waals surface area contributed by atoms with Crippen LogP contribution in [0.1, 0.15) is 18.4 Å². The normalized spacial score (nSPS) is 23.1. The molecule has 1 aliphatic carbocycles. The second-order valence-electron chi connectivity index (χ2n) is 6.37. The third-order valence-corrected chi connectivity index (χ3v) is 5.16. The molecule has 1 aromatic carbocycles. The molecule has 128 valence electrons. The minimum atomic E-state index is -0.170. The number of ether oxygens (including phenoxy) is 1. The van der Waals surface area contributed by atoms with E-state index in [0.29, 0.717) is 26.1 Å². The fourth-order valence-corrected chi connectivity index (χ4v) is 3.87. The van der Waals surface area contributed by atoms with Gasteiger partial charge in [0.1, 0.15) is 5.75 Å². The molecule has 1 heterocycles. The first-order valence-electron chi connectivity index (χ1n) is 8.02. The van der Waals surface area contributed by atoms with Crippen molar-refractivity contribution in [3.05, 3.63) is 40.4 Å². The average molecular weight is 393 g/mol. The summed E-state index contributed by atoms with van der Waals surface area (Å²) < 4.78 is 6.36. The molecule has 0 aromatic heterocycles. The Balaban J connectivity index is 1.69. The topological polar surface area (TPSA) is 49.9 Å². The lowest BCUT2D eigenvalue weighted by atomic mass is 9.85. The highest BCUT2D eigenvalue weighted by Gasteiger charge is 2.47. The highest BCUT2D eigenvalue weighted by atomic mass is 79.9. The molecule has 24 heavy (non-hydrogen) atoms. The smallest absolute Gasteiger partial charge is 0.234 e. The zero-order chi connectivity index (χ0) is 17.3. The number of allylic oxidation sites excluding steroid dienone is 2. The van der Waals surface area contributed by atoms with Crippen LogP contribution in [-0.4, -0.2) is 42.4 Å². The molecule has 1 aliphatic heterocycles. The first-order valence-corrected chi connectivity index (χ1v) is 8.81. The summed E-state index contributed by atoms with van der Waals surface area (Å²) in [6.45, 7) is 0.896. The van der Waals surface area contributed by atoms with E-state index in [1.165, 1.54) is 4.90 Å². The van der Waals surface area contributed by atoms with Crippen molar-refractivity contribution in [3.63, 3.8) is 0 Å². The van der Waals surface area contributed by atoms with Crippen molar-refractivity contribution in [2.75, 3.05) is 20.8 Å². The van der Waals surface area contributed by atoms with Crippen LogP contribution in [0.3, 0.4) is 0 Å². The van der Waals surface area contributed by atoms with Gasteiger partial charge >= 0.3 is 0 Å². The Morgan fingerprint density at radius 2 is 1.83 bits per heavy atom. The molecule has 2 amide bonds. The van der Waals surface area contributed by atoms with Gasteiger partial charge in [0, 0.05) is 16.6 Å². The van der Waals surface area contributed by atoms with Crippen molar-refractivity contribution in [2.24, 2.45) is 11.8 Å². The van der Waals surface area contributed by atoms with Crippen LogP contribution in [0.4, 0.5) is 0 Å². The van der Waals surface area contributed by atoms with E-state index >= 15 is 0 Å². The Kier molecular flexibility index (Phi) is 5.06. The van der Waals surface area contributed by atoms with Crippen LogP contribution in [0.15, 0.2) is 34.8 Å². The lowest BCUT2D eigenvalue weighted by molar-refractivity contribution is -0.142. The van der Waals surface area contributed by atoms with Gasteiger partial charge in [-0.05, 0) is 38.1 Å². The fourth-order valence-electron chi connectivity index (χ4n) is 3.46. The number of halogens is 1. The first kappa shape index (κ1) is 17.2. The molecule has 2 atom stereocenters. The number of hydrogen-bond donors (Lipinski definition) is 0. The molecule has 0 saturated carbocycles. The number of carbonyl (C=O) groups is 2. The minimum Gasteiger partial charge on any atom is -0.496 e. The van der Waals surface area contributed by atoms with Gasteiger partial charge in [-0.3, -0.25) is 19.4 Å². The number of imide groups is 1. The van der Waals surface area contributed by atoms with Crippen molar-refractivity contribution in [2.45, 2.75) is 19.4 Å². The van der Waals surface area contributed by atoms with E-state index in [1.54, 1.807) is 7.11 Å². The molecule has 0 N–H and O–H groups in total. The summed E-state index contributed by atoms with van der Waals surface area (Å²) in [7, 11) is 3.54. The summed E-state index contributed by atoms with van der Waals surface area (Å²) in [6, 6.07) is 5.82. The maximum absolute atomic E-state index is 12.5. The summed E-state index contributed by atoms with van der Waals surface area (Å²) in [5.74, 6) is 0.374. The molecule has 1 aromatic rings. The predicted octanol–water partition coefficient (Wildman–Crippen LogP) is 2.80. The molecule has 1 fully saturated rings. The van der Waals surface area contributed by atoms with E-state index in [2.05, 4.69) is 15.9 Å². The van der Waals surface area contributed by atoms with Crippen molar-refractivity contribution < 1.29 is 14.3 Å². The summed E-state index contributed by atoms with van der Waals surface area (Å²) >= 11 is 3.46. The third kappa shape index (κ3) is 3.26. The number of methoxy groups -OCH3 is 1. The number of benzene rings is 1. The maximum Gasteiger partial charge on any atom is 0.234 e. The van der Waals surface area contributed by atoms with Crippen LogP contribution in [0.2, 0.25) is 0 Å². The minimum absolute atomic E-state index is 0.0394. The second kappa shape index (κ2) is 7.07. The molecule has 5 nitrogen and oxygen atoms in total. The number of carbonyl (C=O) groups excluding carboxylic acids is 2. The number of hydrogen-bond acceptors (Lipinski definition) is 4. The van der Waals surface area contributed by atoms with Crippen LogP contribution in [0, 0.1) is 11.8 Å². The predicted molar refractivity (Wildman–Crippen MR) is 94.2 cm³/mol. The standard InChI is InChI=1S/C18H21BrN2O3/c1-20(10-12-9-13(19)7-8-16(12)24-2)11-21-17(22)14-5-3-4-6-15(14)18(21)23/h3-4,7-9,14-15H,5-6,10-11H2,1-2H3/t14-,15-/m0/s1. The Hall–Kier alpha value is -1.66. The fraction of sp³-hybridized carbons (Fsp3) is 0.444. The summed E-state index contributed by atoms with van der Waals surface area (Å²) in [4.78, 5) is 28.4. The van der Waals surface area contributed by atoms with E-state index in [0.717, 1.165) is 15.8 Å². The molecule has 0 spiro atoms. The molecule has 0 radical (unpaired) electrons. The maximum atomic E-state index is 12.5. The molecule has 0 unspecified atom stereocenters. The molecule has 1 saturated heterocycles. The van der Waals surface area contributed by atoms with Gasteiger partial charge in [0.25, 0.3) is 0 Å². The SMILES string of the molecule is COc1ccc(Br)cc1CN(C)CN1C(=O)[C@H]2CC=CC[C@@H]2C1=O. The quantitative estimate of drug-likeness (QED) is 0.570. The van der Waals surface area contributed by atoms with Crippen LogP contribution >= 0.6 is 15.9 Å². The molecule has 0 bridgehead atoms. The number of fused-ring (bicyclic) bond motifs is 1.